The van der Waals surface area contributed by atoms with Gasteiger partial charge in [-0.15, -0.1) is 0 Å². The standard InChI is InChI=1S/C13H16N2O5/c1-9-2-3-12(15(18)19)11(6-9)13(17)14-4-5-20-8-10(14)7-16/h2-3,6,10,16H,4-5,7-8H2,1H3. The van der Waals surface area contributed by atoms with Gasteiger partial charge in [0.15, 0.2) is 0 Å². The van der Waals surface area contributed by atoms with Crippen molar-refractivity contribution < 1.29 is 19.6 Å². The molecular formula is C13H16N2O5. The van der Waals surface area contributed by atoms with Crippen molar-refractivity contribution in [3.05, 3.63) is 39.4 Å². The molecule has 20 heavy (non-hydrogen) atoms. The fourth-order valence-electron chi connectivity index (χ4n) is 2.21. The van der Waals surface area contributed by atoms with E-state index in [4.69, 9.17) is 4.74 Å². The second-order valence-electron chi connectivity index (χ2n) is 4.69. The number of aryl methyl sites for hydroxylation is 1. The maximum absolute atomic E-state index is 12.5. The highest BCUT2D eigenvalue weighted by atomic mass is 16.6. The molecule has 1 aromatic carbocycles. The van der Waals surface area contributed by atoms with Crippen LogP contribution in [-0.4, -0.2) is 53.2 Å². The molecule has 1 aromatic rings. The number of aliphatic hydroxyl groups excluding tert-OH is 1. The number of carbonyl (C=O) groups is 1. The Morgan fingerprint density at radius 2 is 2.35 bits per heavy atom. The highest BCUT2D eigenvalue weighted by Crippen LogP contribution is 2.23. The maximum atomic E-state index is 12.5. The molecule has 7 heteroatoms. The summed E-state index contributed by atoms with van der Waals surface area (Å²) >= 11 is 0. The third-order valence-corrected chi connectivity index (χ3v) is 3.28. The maximum Gasteiger partial charge on any atom is 0.282 e. The number of amides is 1. The lowest BCUT2D eigenvalue weighted by Crippen LogP contribution is -2.50. The molecular weight excluding hydrogens is 264 g/mol. The van der Waals surface area contributed by atoms with Crippen molar-refractivity contribution in [1.82, 2.24) is 4.90 Å². The number of nitro benzene ring substituents is 1. The van der Waals surface area contributed by atoms with Crippen LogP contribution < -0.4 is 0 Å². The van der Waals surface area contributed by atoms with Crippen molar-refractivity contribution in [2.45, 2.75) is 13.0 Å². The first-order valence-corrected chi connectivity index (χ1v) is 6.29. The van der Waals surface area contributed by atoms with Gasteiger partial charge in [0.2, 0.25) is 0 Å². The minimum atomic E-state index is -0.568. The van der Waals surface area contributed by atoms with Gasteiger partial charge in [-0.25, -0.2) is 0 Å². The summed E-state index contributed by atoms with van der Waals surface area (Å²) < 4.78 is 5.20. The molecule has 0 radical (unpaired) electrons. The van der Waals surface area contributed by atoms with Crippen molar-refractivity contribution in [2.24, 2.45) is 0 Å². The van der Waals surface area contributed by atoms with Crippen LogP contribution in [0.1, 0.15) is 15.9 Å². The van der Waals surface area contributed by atoms with E-state index >= 15 is 0 Å². The number of nitro groups is 1. The van der Waals surface area contributed by atoms with E-state index in [0.29, 0.717) is 13.2 Å². The molecule has 0 spiro atoms. The SMILES string of the molecule is Cc1ccc([N+](=O)[O-])c(C(=O)N2CCOCC2CO)c1. The van der Waals surface area contributed by atoms with Crippen LogP contribution in [0.25, 0.3) is 0 Å². The van der Waals surface area contributed by atoms with Crippen LogP contribution in [0.4, 0.5) is 5.69 Å². The molecule has 0 aliphatic carbocycles. The van der Waals surface area contributed by atoms with Crippen LogP contribution in [0.15, 0.2) is 18.2 Å². The Morgan fingerprint density at radius 3 is 3.00 bits per heavy atom. The predicted octanol–water partition coefficient (Wildman–Crippen LogP) is 0.737. The van der Waals surface area contributed by atoms with Gasteiger partial charge in [-0.05, 0) is 18.6 Å². The summed E-state index contributed by atoms with van der Waals surface area (Å²) in [7, 11) is 0. The normalized spacial score (nSPS) is 18.9. The number of carbonyl (C=O) groups excluding carboxylic acids is 1. The number of hydrogen-bond donors (Lipinski definition) is 1. The fraction of sp³-hybridized carbons (Fsp3) is 0.462. The fourth-order valence-corrected chi connectivity index (χ4v) is 2.21. The Balaban J connectivity index is 2.36. The van der Waals surface area contributed by atoms with Crippen molar-refractivity contribution in [3.63, 3.8) is 0 Å². The van der Waals surface area contributed by atoms with Crippen LogP contribution in [0, 0.1) is 17.0 Å². The van der Waals surface area contributed by atoms with Gasteiger partial charge in [0.05, 0.1) is 30.8 Å². The smallest absolute Gasteiger partial charge is 0.282 e. The molecule has 1 atom stereocenters. The van der Waals surface area contributed by atoms with Crippen LogP contribution in [0.3, 0.4) is 0 Å². The van der Waals surface area contributed by atoms with Crippen molar-refractivity contribution in [3.8, 4) is 0 Å². The van der Waals surface area contributed by atoms with Crippen LogP contribution >= 0.6 is 0 Å². The number of morpholine rings is 1. The Morgan fingerprint density at radius 1 is 1.60 bits per heavy atom. The Bertz CT molecular complexity index is 531. The number of aliphatic hydroxyl groups is 1. The summed E-state index contributed by atoms with van der Waals surface area (Å²) in [5.41, 5.74) is 0.604. The second kappa shape index (κ2) is 5.98. The van der Waals surface area contributed by atoms with Gasteiger partial charge in [0.1, 0.15) is 5.56 Å². The highest BCUT2D eigenvalue weighted by Gasteiger charge is 2.31. The van der Waals surface area contributed by atoms with Gasteiger partial charge >= 0.3 is 0 Å². The summed E-state index contributed by atoms with van der Waals surface area (Å²) in [6.45, 7) is 2.45. The van der Waals surface area contributed by atoms with E-state index in [9.17, 15) is 20.0 Å². The largest absolute Gasteiger partial charge is 0.394 e. The molecule has 1 unspecified atom stereocenters. The molecule has 108 valence electrons. The van der Waals surface area contributed by atoms with Gasteiger partial charge in [0.25, 0.3) is 11.6 Å². The van der Waals surface area contributed by atoms with Gasteiger partial charge in [-0.2, -0.15) is 0 Å². The van der Waals surface area contributed by atoms with Gasteiger partial charge < -0.3 is 14.7 Å². The Hall–Kier alpha value is -1.99. The minimum Gasteiger partial charge on any atom is -0.394 e. The van der Waals surface area contributed by atoms with E-state index in [2.05, 4.69) is 0 Å². The summed E-state index contributed by atoms with van der Waals surface area (Å²) in [6, 6.07) is 3.97. The number of ether oxygens (including phenoxy) is 1. The zero-order chi connectivity index (χ0) is 14.7. The van der Waals surface area contributed by atoms with E-state index in [0.717, 1.165) is 5.56 Å². The quantitative estimate of drug-likeness (QED) is 0.651. The summed E-state index contributed by atoms with van der Waals surface area (Å²) in [6.07, 6.45) is 0. The van der Waals surface area contributed by atoms with Crippen molar-refractivity contribution in [1.29, 1.82) is 0 Å². The molecule has 1 saturated heterocycles. The van der Waals surface area contributed by atoms with E-state index in [1.165, 1.54) is 17.0 Å². The molecule has 0 aromatic heterocycles. The first-order valence-electron chi connectivity index (χ1n) is 6.29. The molecule has 1 aliphatic heterocycles. The lowest BCUT2D eigenvalue weighted by molar-refractivity contribution is -0.385. The minimum absolute atomic E-state index is 0.0513. The molecule has 1 N–H and O–H groups in total. The average molecular weight is 280 g/mol. The first-order chi connectivity index (χ1) is 9.54. The molecule has 1 fully saturated rings. The third-order valence-electron chi connectivity index (χ3n) is 3.28. The first kappa shape index (κ1) is 14.4. The Kier molecular flexibility index (Phi) is 4.31. The summed E-state index contributed by atoms with van der Waals surface area (Å²) in [5, 5.41) is 20.3. The molecule has 1 heterocycles. The van der Waals surface area contributed by atoms with E-state index in [1.54, 1.807) is 13.0 Å². The zero-order valence-corrected chi connectivity index (χ0v) is 11.1. The van der Waals surface area contributed by atoms with Crippen molar-refractivity contribution in [2.75, 3.05) is 26.4 Å². The summed E-state index contributed by atoms with van der Waals surface area (Å²) in [5.74, 6) is -0.442. The zero-order valence-electron chi connectivity index (χ0n) is 11.1. The summed E-state index contributed by atoms with van der Waals surface area (Å²) in [4.78, 5) is 24.4. The topological polar surface area (TPSA) is 92.9 Å². The van der Waals surface area contributed by atoms with Crippen molar-refractivity contribution >= 4 is 11.6 Å². The number of nitrogens with zero attached hydrogens (tertiary/aromatic N) is 2. The van der Waals surface area contributed by atoms with Crippen LogP contribution in [0.5, 0.6) is 0 Å². The monoisotopic (exact) mass is 280 g/mol. The second-order valence-corrected chi connectivity index (χ2v) is 4.69. The Labute approximate surface area is 115 Å². The van der Waals surface area contributed by atoms with Crippen LogP contribution in [0.2, 0.25) is 0 Å². The van der Waals surface area contributed by atoms with Gasteiger partial charge in [0, 0.05) is 12.6 Å². The molecule has 2 rings (SSSR count). The highest BCUT2D eigenvalue weighted by molar-refractivity contribution is 5.98. The number of rotatable bonds is 3. The predicted molar refractivity (Wildman–Crippen MR) is 70.6 cm³/mol. The lowest BCUT2D eigenvalue weighted by Gasteiger charge is -2.34. The third kappa shape index (κ3) is 2.78. The van der Waals surface area contributed by atoms with Gasteiger partial charge in [-0.3, -0.25) is 14.9 Å². The molecule has 7 nitrogen and oxygen atoms in total. The molecule has 0 saturated carbocycles. The number of hydrogen-bond acceptors (Lipinski definition) is 5. The number of benzene rings is 1. The molecule has 1 aliphatic rings. The van der Waals surface area contributed by atoms with Gasteiger partial charge in [-0.1, -0.05) is 6.07 Å². The van der Waals surface area contributed by atoms with E-state index in [-0.39, 0.29) is 24.5 Å². The van der Waals surface area contributed by atoms with Crippen LogP contribution in [-0.2, 0) is 4.74 Å². The van der Waals surface area contributed by atoms with E-state index < -0.39 is 16.9 Å². The average Bonchev–Trinajstić information content (AvgIpc) is 2.46. The lowest BCUT2D eigenvalue weighted by atomic mass is 10.1. The molecule has 0 bridgehead atoms. The molecule has 1 amide bonds. The van der Waals surface area contributed by atoms with E-state index in [1.807, 2.05) is 0 Å².